The average molecular weight is 436 g/mol. The van der Waals surface area contributed by atoms with E-state index < -0.39 is 0 Å². The highest BCUT2D eigenvalue weighted by Crippen LogP contribution is 2.41. The topological polar surface area (TPSA) is 64.1 Å². The lowest BCUT2D eigenvalue weighted by Crippen LogP contribution is -2.11. The number of aryl methyl sites for hydroxylation is 2. The second-order valence-corrected chi connectivity index (χ2v) is 8.70. The molecule has 1 N–H and O–H groups in total. The first-order valence-corrected chi connectivity index (χ1v) is 10.7. The first-order chi connectivity index (χ1) is 14.8. The van der Waals surface area contributed by atoms with E-state index in [1.54, 1.807) is 41.7 Å². The van der Waals surface area contributed by atoms with Crippen LogP contribution in [0, 0.1) is 19.7 Å². The third-order valence-corrected chi connectivity index (χ3v) is 5.68. The minimum atomic E-state index is -0.374. The molecule has 4 aromatic rings. The van der Waals surface area contributed by atoms with Crippen LogP contribution in [0.2, 0.25) is 0 Å². The molecule has 0 saturated heterocycles. The number of carbonyl (C=O) groups excluding carboxylic acids is 1. The first kappa shape index (κ1) is 20.9. The Bertz CT molecular complexity index is 1270. The van der Waals surface area contributed by atoms with Crippen LogP contribution in [-0.4, -0.2) is 22.0 Å². The van der Waals surface area contributed by atoms with E-state index in [0.29, 0.717) is 22.9 Å². The molecule has 0 aliphatic heterocycles. The average Bonchev–Trinajstić information content (AvgIpc) is 3.04. The van der Waals surface area contributed by atoms with E-state index in [1.807, 2.05) is 33.8 Å². The number of thiophene rings is 1. The number of nitrogens with zero attached hydrogens (tertiary/aromatic N) is 2. The molecule has 0 unspecified atom stereocenters. The second-order valence-electron chi connectivity index (χ2n) is 7.50. The van der Waals surface area contributed by atoms with Crippen LogP contribution >= 0.6 is 11.3 Å². The number of ether oxygens (including phenoxy) is 1. The van der Waals surface area contributed by atoms with Gasteiger partial charge >= 0.3 is 5.97 Å². The molecule has 0 aliphatic carbocycles. The van der Waals surface area contributed by atoms with Crippen molar-refractivity contribution >= 4 is 39.0 Å². The molecule has 4 rings (SSSR count). The van der Waals surface area contributed by atoms with Crippen LogP contribution in [0.15, 0.2) is 48.5 Å². The molecule has 0 radical (unpaired) electrons. The quantitative estimate of drug-likeness (QED) is 0.366. The van der Waals surface area contributed by atoms with E-state index in [4.69, 9.17) is 4.74 Å². The number of fused-ring (bicyclic) bond motifs is 1. The Morgan fingerprint density at radius 2 is 1.84 bits per heavy atom. The number of aromatic nitrogens is 2. The van der Waals surface area contributed by atoms with Crippen LogP contribution in [0.1, 0.15) is 34.9 Å². The molecule has 0 fully saturated rings. The number of anilines is 2. The number of esters is 1. The Morgan fingerprint density at radius 1 is 1.10 bits per heavy atom. The van der Waals surface area contributed by atoms with Crippen molar-refractivity contribution in [3.8, 4) is 11.1 Å². The van der Waals surface area contributed by atoms with Crippen LogP contribution in [0.5, 0.6) is 0 Å². The van der Waals surface area contributed by atoms with Gasteiger partial charge in [-0.2, -0.15) is 0 Å². The van der Waals surface area contributed by atoms with Gasteiger partial charge in [-0.1, -0.05) is 18.2 Å². The van der Waals surface area contributed by atoms with Gasteiger partial charge in [-0.15, -0.1) is 11.3 Å². The standard InChI is InChI=1S/C24H22FN3O2S/c1-13(2)30-24(29)17-6-5-7-19(12-17)28-22-21-20(16-8-10-18(25)11-9-16)14(3)31-23(21)27-15(4)26-22/h5-13H,1-4H3,(H,26,27,28). The van der Waals surface area contributed by atoms with Crippen molar-refractivity contribution < 1.29 is 13.9 Å². The molecule has 5 nitrogen and oxygen atoms in total. The maximum atomic E-state index is 13.5. The predicted octanol–water partition coefficient (Wildman–Crippen LogP) is 6.42. The lowest BCUT2D eigenvalue weighted by Gasteiger charge is -2.12. The Balaban J connectivity index is 1.80. The molecule has 31 heavy (non-hydrogen) atoms. The summed E-state index contributed by atoms with van der Waals surface area (Å²) in [7, 11) is 0. The number of rotatable bonds is 5. The summed E-state index contributed by atoms with van der Waals surface area (Å²) in [6.45, 7) is 7.49. The van der Waals surface area contributed by atoms with Crippen molar-refractivity contribution in [2.24, 2.45) is 0 Å². The van der Waals surface area contributed by atoms with Crippen LogP contribution in [-0.2, 0) is 4.74 Å². The van der Waals surface area contributed by atoms with E-state index in [9.17, 15) is 9.18 Å². The van der Waals surface area contributed by atoms with Gasteiger partial charge in [0.15, 0.2) is 0 Å². The van der Waals surface area contributed by atoms with Crippen molar-refractivity contribution in [1.29, 1.82) is 0 Å². The monoisotopic (exact) mass is 435 g/mol. The van der Waals surface area contributed by atoms with Gasteiger partial charge in [-0.25, -0.2) is 19.2 Å². The van der Waals surface area contributed by atoms with Gasteiger partial charge in [-0.3, -0.25) is 0 Å². The highest BCUT2D eigenvalue weighted by atomic mass is 32.1. The maximum absolute atomic E-state index is 13.5. The van der Waals surface area contributed by atoms with Crippen molar-refractivity contribution in [2.75, 3.05) is 5.32 Å². The molecular formula is C24H22FN3O2S. The van der Waals surface area contributed by atoms with Gasteiger partial charge in [0.25, 0.3) is 0 Å². The SMILES string of the molecule is Cc1nc(Nc2cccc(C(=O)OC(C)C)c2)c2c(-c3ccc(F)cc3)c(C)sc2n1. The fourth-order valence-electron chi connectivity index (χ4n) is 3.42. The second kappa shape index (κ2) is 8.43. The van der Waals surface area contributed by atoms with Crippen LogP contribution in [0.4, 0.5) is 15.9 Å². The minimum Gasteiger partial charge on any atom is -0.459 e. The predicted molar refractivity (Wildman–Crippen MR) is 123 cm³/mol. The number of halogens is 1. The summed E-state index contributed by atoms with van der Waals surface area (Å²) in [5.74, 6) is 0.621. The molecule has 2 heterocycles. The summed E-state index contributed by atoms with van der Waals surface area (Å²) in [5, 5.41) is 4.22. The van der Waals surface area contributed by atoms with Gasteiger partial charge in [0.1, 0.15) is 22.3 Å². The largest absolute Gasteiger partial charge is 0.459 e. The van der Waals surface area contributed by atoms with Crippen LogP contribution < -0.4 is 5.32 Å². The fourth-order valence-corrected chi connectivity index (χ4v) is 4.51. The van der Waals surface area contributed by atoms with Gasteiger partial charge < -0.3 is 10.1 Å². The summed E-state index contributed by atoms with van der Waals surface area (Å²) in [6, 6.07) is 13.5. The summed E-state index contributed by atoms with van der Waals surface area (Å²) in [4.78, 5) is 23.4. The number of hydrogen-bond donors (Lipinski definition) is 1. The summed E-state index contributed by atoms with van der Waals surface area (Å²) >= 11 is 1.57. The van der Waals surface area contributed by atoms with Crippen LogP contribution in [0.25, 0.3) is 21.3 Å². The Morgan fingerprint density at radius 3 is 2.55 bits per heavy atom. The third-order valence-electron chi connectivity index (χ3n) is 4.68. The van der Waals surface area contributed by atoms with E-state index in [0.717, 1.165) is 26.2 Å². The van der Waals surface area contributed by atoms with Gasteiger partial charge in [0.05, 0.1) is 17.1 Å². The molecule has 158 valence electrons. The minimum absolute atomic E-state index is 0.194. The third kappa shape index (κ3) is 4.41. The smallest absolute Gasteiger partial charge is 0.338 e. The maximum Gasteiger partial charge on any atom is 0.338 e. The molecule has 2 aromatic carbocycles. The summed E-state index contributed by atoms with van der Waals surface area (Å²) in [5.41, 5.74) is 3.04. The van der Waals surface area contributed by atoms with E-state index >= 15 is 0 Å². The zero-order chi connectivity index (χ0) is 22.1. The van der Waals surface area contributed by atoms with Crippen molar-refractivity contribution in [1.82, 2.24) is 9.97 Å². The summed E-state index contributed by atoms with van der Waals surface area (Å²) < 4.78 is 18.8. The molecule has 7 heteroatoms. The number of nitrogens with one attached hydrogen (secondary N) is 1. The normalized spacial score (nSPS) is 11.2. The first-order valence-electron chi connectivity index (χ1n) is 9.93. The zero-order valence-corrected chi connectivity index (χ0v) is 18.5. The Labute approximate surface area is 183 Å². The Kier molecular flexibility index (Phi) is 5.69. The Hall–Kier alpha value is -3.32. The molecular weight excluding hydrogens is 413 g/mol. The van der Waals surface area contributed by atoms with E-state index in [-0.39, 0.29) is 17.9 Å². The lowest BCUT2D eigenvalue weighted by molar-refractivity contribution is 0.0378. The van der Waals surface area contributed by atoms with E-state index in [2.05, 4.69) is 15.3 Å². The molecule has 0 saturated carbocycles. The highest BCUT2D eigenvalue weighted by Gasteiger charge is 2.18. The van der Waals surface area contributed by atoms with Crippen LogP contribution in [0.3, 0.4) is 0 Å². The number of hydrogen-bond acceptors (Lipinski definition) is 6. The van der Waals surface area contributed by atoms with Gasteiger partial charge in [0, 0.05) is 16.1 Å². The fraction of sp³-hybridized carbons (Fsp3) is 0.208. The molecule has 0 atom stereocenters. The van der Waals surface area contributed by atoms with Gasteiger partial charge in [0.2, 0.25) is 0 Å². The number of benzene rings is 2. The zero-order valence-electron chi connectivity index (χ0n) is 17.7. The lowest BCUT2D eigenvalue weighted by atomic mass is 10.0. The molecule has 0 amide bonds. The van der Waals surface area contributed by atoms with Crippen molar-refractivity contribution in [3.05, 3.63) is 70.6 Å². The van der Waals surface area contributed by atoms with Gasteiger partial charge in [-0.05, 0) is 63.6 Å². The molecule has 0 bridgehead atoms. The molecule has 2 aromatic heterocycles. The molecule has 0 spiro atoms. The number of carbonyl (C=O) groups is 1. The van der Waals surface area contributed by atoms with Crippen molar-refractivity contribution in [2.45, 2.75) is 33.8 Å². The summed E-state index contributed by atoms with van der Waals surface area (Å²) in [6.07, 6.45) is -0.194. The highest BCUT2D eigenvalue weighted by molar-refractivity contribution is 7.19. The van der Waals surface area contributed by atoms with Crippen molar-refractivity contribution in [3.63, 3.8) is 0 Å². The van der Waals surface area contributed by atoms with E-state index in [1.165, 1.54) is 12.1 Å². The molecule has 0 aliphatic rings.